The van der Waals surface area contributed by atoms with E-state index in [9.17, 15) is 0 Å². The Labute approximate surface area is 96.0 Å². The first kappa shape index (κ1) is 13.0. The van der Waals surface area contributed by atoms with Crippen molar-refractivity contribution in [3.63, 3.8) is 0 Å². The zero-order chi connectivity index (χ0) is 11.1. The molecule has 0 aliphatic heterocycles. The van der Waals surface area contributed by atoms with Gasteiger partial charge in [0.05, 0.1) is 0 Å². The Morgan fingerprint density at radius 1 is 1.13 bits per heavy atom. The Bertz CT molecular complexity index is 161. The molecule has 1 heteroatoms. The lowest BCUT2D eigenvalue weighted by atomic mass is 10.00. The summed E-state index contributed by atoms with van der Waals surface area (Å²) in [4.78, 5) is 0. The second kappa shape index (κ2) is 6.52. The maximum absolute atomic E-state index is 3.73. The lowest BCUT2D eigenvalue weighted by Crippen LogP contribution is -2.32. The van der Waals surface area contributed by atoms with Gasteiger partial charge in [0.2, 0.25) is 0 Å². The molecule has 1 nitrogen and oxygen atoms in total. The molecular formula is C14H29N. The highest BCUT2D eigenvalue weighted by atomic mass is 14.9. The first-order valence-corrected chi connectivity index (χ1v) is 6.96. The number of hydrogen-bond donors (Lipinski definition) is 1. The van der Waals surface area contributed by atoms with Crippen LogP contribution >= 0.6 is 0 Å². The highest BCUT2D eigenvalue weighted by molar-refractivity contribution is 4.94. The fraction of sp³-hybridized carbons (Fsp3) is 1.00. The van der Waals surface area contributed by atoms with Crippen molar-refractivity contribution in [1.29, 1.82) is 0 Å². The molecule has 0 heterocycles. The van der Waals surface area contributed by atoms with Crippen molar-refractivity contribution in [2.75, 3.05) is 6.54 Å². The van der Waals surface area contributed by atoms with Crippen LogP contribution in [0.5, 0.6) is 0 Å². The van der Waals surface area contributed by atoms with Crippen LogP contribution in [-0.4, -0.2) is 12.6 Å². The van der Waals surface area contributed by atoms with Gasteiger partial charge in [0.15, 0.2) is 0 Å². The summed E-state index contributed by atoms with van der Waals surface area (Å²) in [6.07, 6.45) is 11.2. The van der Waals surface area contributed by atoms with Crippen molar-refractivity contribution in [3.8, 4) is 0 Å². The van der Waals surface area contributed by atoms with Gasteiger partial charge in [-0.1, -0.05) is 39.5 Å². The van der Waals surface area contributed by atoms with E-state index < -0.39 is 0 Å². The van der Waals surface area contributed by atoms with E-state index in [0.29, 0.717) is 5.41 Å². The van der Waals surface area contributed by atoms with Crippen molar-refractivity contribution < 1.29 is 0 Å². The van der Waals surface area contributed by atoms with Gasteiger partial charge in [-0.2, -0.15) is 0 Å². The van der Waals surface area contributed by atoms with E-state index in [-0.39, 0.29) is 0 Å². The van der Waals surface area contributed by atoms with E-state index in [1.54, 1.807) is 0 Å². The number of nitrogens with one attached hydrogen (secondary N) is 1. The third-order valence-corrected chi connectivity index (χ3v) is 3.80. The van der Waals surface area contributed by atoms with E-state index in [1.165, 1.54) is 57.9 Å². The van der Waals surface area contributed by atoms with Crippen LogP contribution in [0.15, 0.2) is 0 Å². The van der Waals surface area contributed by atoms with E-state index >= 15 is 0 Å². The van der Waals surface area contributed by atoms with E-state index in [1.807, 2.05) is 0 Å². The van der Waals surface area contributed by atoms with Crippen LogP contribution in [0.3, 0.4) is 0 Å². The summed E-state index contributed by atoms with van der Waals surface area (Å²) < 4.78 is 0. The summed E-state index contributed by atoms with van der Waals surface area (Å²) in [5.74, 6) is 0. The molecule has 1 fully saturated rings. The Hall–Kier alpha value is -0.0400. The standard InChI is InChI=1S/C14H29N/c1-4-6-7-8-13(3)15-12-14(9-5-2)10-11-14/h13,15H,4-12H2,1-3H3. The SMILES string of the molecule is CCCCCC(C)NCC1(CCC)CC1. The third-order valence-electron chi connectivity index (χ3n) is 3.80. The van der Waals surface area contributed by atoms with E-state index in [2.05, 4.69) is 26.1 Å². The van der Waals surface area contributed by atoms with Crippen molar-refractivity contribution in [3.05, 3.63) is 0 Å². The molecule has 0 aromatic rings. The first-order valence-electron chi connectivity index (χ1n) is 6.96. The van der Waals surface area contributed by atoms with Crippen LogP contribution < -0.4 is 5.32 Å². The molecule has 1 rings (SSSR count). The summed E-state index contributed by atoms with van der Waals surface area (Å²) in [7, 11) is 0. The normalized spacial score (nSPS) is 20.2. The maximum Gasteiger partial charge on any atom is 0.00389 e. The molecule has 0 bridgehead atoms. The van der Waals surface area contributed by atoms with Gasteiger partial charge >= 0.3 is 0 Å². The minimum Gasteiger partial charge on any atom is -0.314 e. The van der Waals surface area contributed by atoms with Gasteiger partial charge in [0, 0.05) is 12.6 Å². The average Bonchev–Trinajstić information content (AvgIpc) is 2.97. The summed E-state index contributed by atoms with van der Waals surface area (Å²) in [5, 5.41) is 3.73. The molecule has 1 aliphatic rings. The first-order chi connectivity index (χ1) is 7.22. The summed E-state index contributed by atoms with van der Waals surface area (Å²) >= 11 is 0. The van der Waals surface area contributed by atoms with Gasteiger partial charge in [-0.05, 0) is 38.0 Å². The minimum absolute atomic E-state index is 0.716. The van der Waals surface area contributed by atoms with Crippen LogP contribution in [0.4, 0.5) is 0 Å². The van der Waals surface area contributed by atoms with Gasteiger partial charge < -0.3 is 5.32 Å². The molecular weight excluding hydrogens is 182 g/mol. The smallest absolute Gasteiger partial charge is 0.00389 e. The molecule has 0 aromatic heterocycles. The van der Waals surface area contributed by atoms with Crippen LogP contribution in [-0.2, 0) is 0 Å². The van der Waals surface area contributed by atoms with Crippen LogP contribution in [0, 0.1) is 5.41 Å². The van der Waals surface area contributed by atoms with Gasteiger partial charge in [-0.3, -0.25) is 0 Å². The monoisotopic (exact) mass is 211 g/mol. The van der Waals surface area contributed by atoms with E-state index in [4.69, 9.17) is 0 Å². The molecule has 1 saturated carbocycles. The fourth-order valence-corrected chi connectivity index (χ4v) is 2.42. The third kappa shape index (κ3) is 5.01. The topological polar surface area (TPSA) is 12.0 Å². The Balaban J connectivity index is 2.03. The Kier molecular flexibility index (Phi) is 5.66. The lowest BCUT2D eigenvalue weighted by Gasteiger charge is -2.19. The fourth-order valence-electron chi connectivity index (χ4n) is 2.42. The zero-order valence-corrected chi connectivity index (χ0v) is 10.9. The van der Waals surface area contributed by atoms with Gasteiger partial charge in [-0.25, -0.2) is 0 Å². The summed E-state index contributed by atoms with van der Waals surface area (Å²) in [6, 6.07) is 0.728. The molecule has 1 N–H and O–H groups in total. The van der Waals surface area contributed by atoms with Crippen molar-refractivity contribution in [2.24, 2.45) is 5.41 Å². The van der Waals surface area contributed by atoms with E-state index in [0.717, 1.165) is 6.04 Å². The minimum atomic E-state index is 0.716. The highest BCUT2D eigenvalue weighted by Gasteiger charge is 2.40. The molecule has 15 heavy (non-hydrogen) atoms. The van der Waals surface area contributed by atoms with Gasteiger partial charge in [-0.15, -0.1) is 0 Å². The molecule has 0 amide bonds. The van der Waals surface area contributed by atoms with Crippen LogP contribution in [0.25, 0.3) is 0 Å². The van der Waals surface area contributed by atoms with Crippen LogP contribution in [0.2, 0.25) is 0 Å². The predicted molar refractivity (Wildman–Crippen MR) is 68.2 cm³/mol. The molecule has 0 spiro atoms. The number of rotatable bonds is 9. The quantitative estimate of drug-likeness (QED) is 0.566. The number of unbranched alkanes of at least 4 members (excludes halogenated alkanes) is 2. The largest absolute Gasteiger partial charge is 0.314 e. The zero-order valence-electron chi connectivity index (χ0n) is 10.9. The van der Waals surface area contributed by atoms with Crippen molar-refractivity contribution in [2.45, 2.75) is 78.2 Å². The Morgan fingerprint density at radius 2 is 1.87 bits per heavy atom. The van der Waals surface area contributed by atoms with Crippen molar-refractivity contribution in [1.82, 2.24) is 5.32 Å². The lowest BCUT2D eigenvalue weighted by molar-refractivity contribution is 0.380. The molecule has 1 unspecified atom stereocenters. The predicted octanol–water partition coefficient (Wildman–Crippen LogP) is 4.13. The number of hydrogen-bond acceptors (Lipinski definition) is 1. The molecule has 0 saturated heterocycles. The average molecular weight is 211 g/mol. The Morgan fingerprint density at radius 3 is 2.40 bits per heavy atom. The van der Waals surface area contributed by atoms with Gasteiger partial charge in [0.25, 0.3) is 0 Å². The van der Waals surface area contributed by atoms with Gasteiger partial charge in [0.1, 0.15) is 0 Å². The molecule has 1 atom stereocenters. The molecule has 0 aromatic carbocycles. The van der Waals surface area contributed by atoms with Crippen LogP contribution in [0.1, 0.15) is 72.1 Å². The summed E-state index contributed by atoms with van der Waals surface area (Å²) in [6.45, 7) is 8.20. The highest BCUT2D eigenvalue weighted by Crippen LogP contribution is 2.48. The molecule has 0 radical (unpaired) electrons. The van der Waals surface area contributed by atoms with Crippen molar-refractivity contribution >= 4 is 0 Å². The molecule has 1 aliphatic carbocycles. The second-order valence-electron chi connectivity index (χ2n) is 5.53. The second-order valence-corrected chi connectivity index (χ2v) is 5.53. The molecule has 90 valence electrons. The summed E-state index contributed by atoms with van der Waals surface area (Å²) in [5.41, 5.74) is 0.716. The maximum atomic E-state index is 3.73.